The maximum atomic E-state index is 12.6. The summed E-state index contributed by atoms with van der Waals surface area (Å²) in [5.74, 6) is -1.24. The lowest BCUT2D eigenvalue weighted by Gasteiger charge is -2.13. The van der Waals surface area contributed by atoms with Crippen LogP contribution in [0, 0.1) is 0 Å². The van der Waals surface area contributed by atoms with Crippen molar-refractivity contribution in [3.63, 3.8) is 0 Å². The van der Waals surface area contributed by atoms with Crippen LogP contribution in [0.3, 0.4) is 0 Å². The Morgan fingerprint density at radius 2 is 2.00 bits per heavy atom. The third-order valence-electron chi connectivity index (χ3n) is 2.07. The van der Waals surface area contributed by atoms with Gasteiger partial charge in [0.05, 0.1) is 18.2 Å². The number of carbonyl (C=O) groups is 2. The molecule has 0 radical (unpaired) electrons. The second-order valence-electron chi connectivity index (χ2n) is 3.12. The summed E-state index contributed by atoms with van der Waals surface area (Å²) in [7, 11) is 1.16. The molecule has 0 fully saturated rings. The number of ether oxygens (including phenoxy) is 1. The van der Waals surface area contributed by atoms with E-state index in [-0.39, 0.29) is 12.0 Å². The van der Waals surface area contributed by atoms with Gasteiger partial charge in [-0.3, -0.25) is 9.59 Å². The quantitative estimate of drug-likeness (QED) is 0.825. The SMILES string of the molecule is COc1cc(C=O)c(C(F)(F)F)cc1C(N)=O. The molecule has 0 aliphatic heterocycles. The van der Waals surface area contributed by atoms with Gasteiger partial charge in [-0.1, -0.05) is 0 Å². The Labute approximate surface area is 94.2 Å². The van der Waals surface area contributed by atoms with Gasteiger partial charge < -0.3 is 10.5 Å². The summed E-state index contributed by atoms with van der Waals surface area (Å²) >= 11 is 0. The summed E-state index contributed by atoms with van der Waals surface area (Å²) in [4.78, 5) is 21.5. The summed E-state index contributed by atoms with van der Waals surface area (Å²) in [5, 5.41) is 0. The van der Waals surface area contributed by atoms with Crippen LogP contribution in [0.1, 0.15) is 26.3 Å². The lowest BCUT2D eigenvalue weighted by atomic mass is 10.0. The molecule has 1 aromatic rings. The van der Waals surface area contributed by atoms with Gasteiger partial charge in [0.15, 0.2) is 6.29 Å². The van der Waals surface area contributed by atoms with Crippen molar-refractivity contribution in [1.29, 1.82) is 0 Å². The second kappa shape index (κ2) is 4.44. The normalized spacial score (nSPS) is 11.1. The minimum atomic E-state index is -4.74. The molecule has 7 heteroatoms. The van der Waals surface area contributed by atoms with E-state index < -0.39 is 28.8 Å². The predicted octanol–water partition coefficient (Wildman–Crippen LogP) is 1.63. The second-order valence-corrected chi connectivity index (χ2v) is 3.12. The van der Waals surface area contributed by atoms with E-state index in [2.05, 4.69) is 4.74 Å². The van der Waals surface area contributed by atoms with Crippen LogP contribution in [0.2, 0.25) is 0 Å². The number of halogens is 3. The van der Waals surface area contributed by atoms with E-state index in [1.807, 2.05) is 0 Å². The molecule has 0 aliphatic carbocycles. The van der Waals surface area contributed by atoms with Crippen molar-refractivity contribution in [3.05, 3.63) is 28.8 Å². The molecule has 0 saturated heterocycles. The van der Waals surface area contributed by atoms with Gasteiger partial charge >= 0.3 is 6.18 Å². The van der Waals surface area contributed by atoms with Crippen molar-refractivity contribution in [2.45, 2.75) is 6.18 Å². The largest absolute Gasteiger partial charge is 0.496 e. The Kier molecular flexibility index (Phi) is 3.40. The van der Waals surface area contributed by atoms with Crippen LogP contribution in [0.4, 0.5) is 13.2 Å². The highest BCUT2D eigenvalue weighted by atomic mass is 19.4. The molecule has 0 heterocycles. The van der Waals surface area contributed by atoms with E-state index in [1.54, 1.807) is 0 Å². The van der Waals surface area contributed by atoms with Gasteiger partial charge in [0, 0.05) is 5.56 Å². The van der Waals surface area contributed by atoms with Crippen molar-refractivity contribution in [1.82, 2.24) is 0 Å². The fourth-order valence-corrected chi connectivity index (χ4v) is 1.30. The Balaban J connectivity index is 3.56. The van der Waals surface area contributed by atoms with Gasteiger partial charge in [-0.15, -0.1) is 0 Å². The minimum Gasteiger partial charge on any atom is -0.496 e. The first-order chi connectivity index (χ1) is 7.81. The zero-order valence-corrected chi connectivity index (χ0v) is 8.67. The number of amides is 1. The predicted molar refractivity (Wildman–Crippen MR) is 51.9 cm³/mol. The van der Waals surface area contributed by atoms with Crippen LogP contribution < -0.4 is 10.5 Å². The first kappa shape index (κ1) is 13.0. The molecule has 0 bridgehead atoms. The number of nitrogens with two attached hydrogens (primary N) is 1. The summed E-state index contributed by atoms with van der Waals surface area (Å²) in [6, 6.07) is 1.33. The zero-order chi connectivity index (χ0) is 13.2. The molecule has 0 unspecified atom stereocenters. The first-order valence-corrected chi connectivity index (χ1v) is 4.35. The molecule has 1 aromatic carbocycles. The minimum absolute atomic E-state index is 0.0378. The summed E-state index contributed by atoms with van der Waals surface area (Å²) in [6.07, 6.45) is -4.71. The van der Waals surface area contributed by atoms with Crippen LogP contribution in [-0.2, 0) is 6.18 Å². The number of rotatable bonds is 3. The van der Waals surface area contributed by atoms with Crippen molar-refractivity contribution in [2.75, 3.05) is 7.11 Å². The molecule has 2 N–H and O–H groups in total. The average Bonchev–Trinajstić information content (AvgIpc) is 2.25. The lowest BCUT2D eigenvalue weighted by Crippen LogP contribution is -2.16. The molecule has 92 valence electrons. The molecule has 1 amide bonds. The van der Waals surface area contributed by atoms with E-state index in [1.165, 1.54) is 0 Å². The summed E-state index contributed by atoms with van der Waals surface area (Å²) in [5.41, 5.74) is 2.66. The molecule has 17 heavy (non-hydrogen) atoms. The third kappa shape index (κ3) is 2.55. The Morgan fingerprint density at radius 3 is 2.35 bits per heavy atom. The fraction of sp³-hybridized carbons (Fsp3) is 0.200. The Hall–Kier alpha value is -2.05. The van der Waals surface area contributed by atoms with E-state index in [9.17, 15) is 22.8 Å². The standard InChI is InChI=1S/C10H8F3NO3/c1-17-8-2-5(4-15)7(10(11,12)13)3-6(8)9(14)16/h2-4H,1H3,(H2,14,16). The average molecular weight is 247 g/mol. The first-order valence-electron chi connectivity index (χ1n) is 4.35. The molecule has 0 atom stereocenters. The zero-order valence-electron chi connectivity index (χ0n) is 8.67. The number of hydrogen-bond donors (Lipinski definition) is 1. The number of hydrogen-bond acceptors (Lipinski definition) is 3. The van der Waals surface area contributed by atoms with Crippen molar-refractivity contribution in [3.8, 4) is 5.75 Å². The van der Waals surface area contributed by atoms with Crippen molar-refractivity contribution in [2.24, 2.45) is 5.73 Å². The highest BCUT2D eigenvalue weighted by Gasteiger charge is 2.35. The van der Waals surface area contributed by atoms with Crippen LogP contribution in [0.15, 0.2) is 12.1 Å². The molecule has 0 saturated carbocycles. The summed E-state index contributed by atoms with van der Waals surface area (Å²) < 4.78 is 42.4. The van der Waals surface area contributed by atoms with Crippen molar-refractivity contribution >= 4 is 12.2 Å². The molecule has 4 nitrogen and oxygen atoms in total. The van der Waals surface area contributed by atoms with E-state index in [4.69, 9.17) is 5.73 Å². The van der Waals surface area contributed by atoms with Crippen LogP contribution in [0.25, 0.3) is 0 Å². The Bertz CT molecular complexity index is 469. The van der Waals surface area contributed by atoms with E-state index in [0.29, 0.717) is 6.07 Å². The van der Waals surface area contributed by atoms with Gasteiger partial charge in [0.1, 0.15) is 5.75 Å². The highest BCUT2D eigenvalue weighted by Crippen LogP contribution is 2.35. The number of methoxy groups -OCH3 is 1. The monoisotopic (exact) mass is 247 g/mol. The number of aldehydes is 1. The topological polar surface area (TPSA) is 69.4 Å². The van der Waals surface area contributed by atoms with E-state index in [0.717, 1.165) is 13.2 Å². The van der Waals surface area contributed by atoms with Gasteiger partial charge in [0.25, 0.3) is 5.91 Å². The number of carbonyl (C=O) groups excluding carboxylic acids is 2. The number of benzene rings is 1. The van der Waals surface area contributed by atoms with Crippen LogP contribution >= 0.6 is 0 Å². The summed E-state index contributed by atoms with van der Waals surface area (Å²) in [6.45, 7) is 0. The van der Waals surface area contributed by atoms with Gasteiger partial charge in [0.2, 0.25) is 0 Å². The Morgan fingerprint density at radius 1 is 1.41 bits per heavy atom. The van der Waals surface area contributed by atoms with Crippen LogP contribution in [0.5, 0.6) is 5.75 Å². The molecule has 0 aromatic heterocycles. The van der Waals surface area contributed by atoms with Gasteiger partial charge in [-0.05, 0) is 12.1 Å². The number of alkyl halides is 3. The lowest BCUT2D eigenvalue weighted by molar-refractivity contribution is -0.137. The maximum Gasteiger partial charge on any atom is 0.417 e. The third-order valence-corrected chi connectivity index (χ3v) is 2.07. The van der Waals surface area contributed by atoms with E-state index >= 15 is 0 Å². The maximum absolute atomic E-state index is 12.6. The molecule has 1 rings (SSSR count). The fourth-order valence-electron chi connectivity index (χ4n) is 1.30. The van der Waals surface area contributed by atoms with Gasteiger partial charge in [-0.2, -0.15) is 13.2 Å². The van der Waals surface area contributed by atoms with Gasteiger partial charge in [-0.25, -0.2) is 0 Å². The van der Waals surface area contributed by atoms with Crippen LogP contribution in [-0.4, -0.2) is 19.3 Å². The number of primary amides is 1. The molecular formula is C10H8F3NO3. The molecule has 0 spiro atoms. The molecular weight excluding hydrogens is 239 g/mol. The smallest absolute Gasteiger partial charge is 0.417 e. The van der Waals surface area contributed by atoms with Crippen molar-refractivity contribution < 1.29 is 27.5 Å². The highest BCUT2D eigenvalue weighted by molar-refractivity contribution is 5.97. The molecule has 0 aliphatic rings.